The fourth-order valence-electron chi connectivity index (χ4n) is 1.60. The molecule has 0 unspecified atom stereocenters. The lowest BCUT2D eigenvalue weighted by Gasteiger charge is -2.40. The molecule has 0 radical (unpaired) electrons. The topological polar surface area (TPSA) is 55.8 Å². The predicted octanol–water partition coefficient (Wildman–Crippen LogP) is 1.93. The number of cyclic esters (lactones) is 1. The van der Waals surface area contributed by atoms with Crippen molar-refractivity contribution in [3.63, 3.8) is 0 Å². The van der Waals surface area contributed by atoms with Gasteiger partial charge < -0.3 is 14.3 Å². The Labute approximate surface area is 104 Å². The van der Waals surface area contributed by atoms with Gasteiger partial charge in [0.25, 0.3) is 0 Å². The third-order valence-electron chi connectivity index (χ3n) is 3.78. The lowest BCUT2D eigenvalue weighted by atomic mass is 10.0. The molecule has 1 aliphatic heterocycles. The molecule has 1 heterocycles. The first-order valence-corrected chi connectivity index (χ1v) is 9.03. The van der Waals surface area contributed by atoms with Crippen LogP contribution in [0.2, 0.25) is 18.1 Å². The van der Waals surface area contributed by atoms with Crippen molar-refractivity contribution in [3.8, 4) is 0 Å². The van der Waals surface area contributed by atoms with E-state index < -0.39 is 14.2 Å². The number of aliphatic hydroxyl groups is 1. The molecule has 1 aliphatic rings. The molecule has 4 nitrogen and oxygen atoms in total. The van der Waals surface area contributed by atoms with E-state index >= 15 is 0 Å². The maximum Gasteiger partial charge on any atom is 0.311 e. The van der Waals surface area contributed by atoms with E-state index in [1.807, 2.05) is 0 Å². The van der Waals surface area contributed by atoms with Crippen LogP contribution in [0.25, 0.3) is 0 Å². The Kier molecular flexibility index (Phi) is 4.38. The summed E-state index contributed by atoms with van der Waals surface area (Å²) in [6.45, 7) is 11.1. The van der Waals surface area contributed by atoms with Crippen LogP contribution < -0.4 is 0 Å². The zero-order valence-electron chi connectivity index (χ0n) is 11.4. The summed E-state index contributed by atoms with van der Waals surface area (Å²) in [5.74, 6) is -0.721. The van der Waals surface area contributed by atoms with Gasteiger partial charge >= 0.3 is 5.97 Å². The molecular weight excluding hydrogens is 236 g/mol. The Balaban J connectivity index is 2.62. The monoisotopic (exact) mass is 260 g/mol. The summed E-state index contributed by atoms with van der Waals surface area (Å²) >= 11 is 0. The second-order valence-corrected chi connectivity index (χ2v) is 11.0. The van der Waals surface area contributed by atoms with E-state index in [0.29, 0.717) is 13.0 Å². The lowest BCUT2D eigenvalue weighted by molar-refractivity contribution is -0.161. The fourth-order valence-corrected chi connectivity index (χ4v) is 2.95. The molecule has 0 aromatic rings. The summed E-state index contributed by atoms with van der Waals surface area (Å²) < 4.78 is 11.2. The van der Waals surface area contributed by atoms with Crippen LogP contribution in [-0.2, 0) is 14.0 Å². The largest absolute Gasteiger partial charge is 0.463 e. The maximum atomic E-state index is 11.3. The minimum atomic E-state index is -1.83. The van der Waals surface area contributed by atoms with E-state index in [2.05, 4.69) is 33.9 Å². The Hall–Kier alpha value is -0.393. The van der Waals surface area contributed by atoms with Crippen molar-refractivity contribution in [1.82, 2.24) is 0 Å². The highest BCUT2D eigenvalue weighted by atomic mass is 28.4. The number of rotatable bonds is 3. The number of carbonyl (C=O) groups excluding carboxylic acids is 1. The van der Waals surface area contributed by atoms with Crippen molar-refractivity contribution >= 4 is 14.3 Å². The number of esters is 1. The third kappa shape index (κ3) is 3.53. The van der Waals surface area contributed by atoms with Crippen molar-refractivity contribution in [2.75, 3.05) is 13.2 Å². The van der Waals surface area contributed by atoms with Crippen LogP contribution >= 0.6 is 0 Å². The molecule has 0 amide bonds. The van der Waals surface area contributed by atoms with Gasteiger partial charge in [-0.3, -0.25) is 4.79 Å². The van der Waals surface area contributed by atoms with E-state index in [-0.39, 0.29) is 23.7 Å². The van der Waals surface area contributed by atoms with Crippen LogP contribution in [0.1, 0.15) is 27.2 Å². The van der Waals surface area contributed by atoms with Gasteiger partial charge in [0, 0.05) is 0 Å². The van der Waals surface area contributed by atoms with Gasteiger partial charge in [0.1, 0.15) is 6.61 Å². The maximum absolute atomic E-state index is 11.3. The van der Waals surface area contributed by atoms with Crippen molar-refractivity contribution in [3.05, 3.63) is 0 Å². The molecule has 1 N–H and O–H groups in total. The molecule has 17 heavy (non-hydrogen) atoms. The summed E-state index contributed by atoms with van der Waals surface area (Å²) in [4.78, 5) is 11.3. The average molecular weight is 260 g/mol. The predicted molar refractivity (Wildman–Crippen MR) is 68.2 cm³/mol. The summed E-state index contributed by atoms with van der Waals surface area (Å²) in [5, 5.41) is 9.23. The molecule has 0 bridgehead atoms. The van der Waals surface area contributed by atoms with Gasteiger partial charge in [0.15, 0.2) is 8.32 Å². The Morgan fingerprint density at radius 1 is 1.47 bits per heavy atom. The van der Waals surface area contributed by atoms with Crippen LogP contribution in [0.15, 0.2) is 0 Å². The molecule has 0 spiro atoms. The fraction of sp³-hybridized carbons (Fsp3) is 0.917. The van der Waals surface area contributed by atoms with Crippen molar-refractivity contribution in [1.29, 1.82) is 0 Å². The molecule has 0 saturated carbocycles. The summed E-state index contributed by atoms with van der Waals surface area (Å²) in [6, 6.07) is 0. The van der Waals surface area contributed by atoms with Crippen LogP contribution in [0.4, 0.5) is 0 Å². The molecule has 0 aliphatic carbocycles. The standard InChI is InChI=1S/C12H24O4Si/c1-12(2,3)17(4,5)16-10-6-9(7-13)11(14)15-8-10/h9-10,13H,6-8H2,1-5H3/t9-,10+/m1/s1. The Bertz CT molecular complexity index is 283. The molecule has 1 rings (SSSR count). The van der Waals surface area contributed by atoms with Gasteiger partial charge in [-0.25, -0.2) is 0 Å². The van der Waals surface area contributed by atoms with Crippen LogP contribution in [-0.4, -0.2) is 38.7 Å². The smallest absolute Gasteiger partial charge is 0.311 e. The van der Waals surface area contributed by atoms with Gasteiger partial charge in [-0.05, 0) is 24.6 Å². The van der Waals surface area contributed by atoms with E-state index in [1.165, 1.54) is 0 Å². The minimum absolute atomic E-state index is 0.0641. The van der Waals surface area contributed by atoms with Gasteiger partial charge in [-0.2, -0.15) is 0 Å². The number of hydrogen-bond acceptors (Lipinski definition) is 4. The average Bonchev–Trinajstić information content (AvgIpc) is 2.19. The zero-order valence-corrected chi connectivity index (χ0v) is 12.4. The lowest BCUT2D eigenvalue weighted by Crippen LogP contribution is -2.48. The third-order valence-corrected chi connectivity index (χ3v) is 8.32. The first-order valence-electron chi connectivity index (χ1n) is 6.12. The number of hydrogen-bond donors (Lipinski definition) is 1. The van der Waals surface area contributed by atoms with Crippen LogP contribution in [0.5, 0.6) is 0 Å². The molecule has 1 saturated heterocycles. The SMILES string of the molecule is CC(C)(C)[Si](C)(C)O[C@@H]1COC(=O)[C@@H](CO)C1. The second-order valence-electron chi connectivity index (χ2n) is 6.25. The highest BCUT2D eigenvalue weighted by Crippen LogP contribution is 2.38. The van der Waals surface area contributed by atoms with E-state index in [9.17, 15) is 4.79 Å². The molecule has 0 aromatic heterocycles. The highest BCUT2D eigenvalue weighted by Gasteiger charge is 2.41. The number of carbonyl (C=O) groups is 1. The molecule has 2 atom stereocenters. The van der Waals surface area contributed by atoms with Gasteiger partial charge in [-0.1, -0.05) is 20.8 Å². The highest BCUT2D eigenvalue weighted by molar-refractivity contribution is 6.74. The quantitative estimate of drug-likeness (QED) is 0.622. The van der Waals surface area contributed by atoms with Crippen molar-refractivity contribution in [2.24, 2.45) is 5.92 Å². The molecule has 0 aromatic carbocycles. The van der Waals surface area contributed by atoms with Crippen molar-refractivity contribution < 1.29 is 19.1 Å². The zero-order chi connectivity index (χ0) is 13.3. The van der Waals surface area contributed by atoms with Crippen LogP contribution in [0, 0.1) is 5.92 Å². The second kappa shape index (κ2) is 5.08. The summed E-state index contributed by atoms with van der Waals surface area (Å²) in [6.07, 6.45) is 0.507. The van der Waals surface area contributed by atoms with Crippen molar-refractivity contribution in [2.45, 2.75) is 51.4 Å². The molecule has 100 valence electrons. The van der Waals surface area contributed by atoms with E-state index in [1.54, 1.807) is 0 Å². The van der Waals surface area contributed by atoms with E-state index in [4.69, 9.17) is 14.3 Å². The van der Waals surface area contributed by atoms with Crippen LogP contribution in [0.3, 0.4) is 0 Å². The first-order chi connectivity index (χ1) is 7.67. The first kappa shape index (κ1) is 14.7. The molecule has 1 fully saturated rings. The Morgan fingerprint density at radius 3 is 2.53 bits per heavy atom. The molecular formula is C12H24O4Si. The number of aliphatic hydroxyl groups excluding tert-OH is 1. The van der Waals surface area contributed by atoms with Gasteiger partial charge in [-0.15, -0.1) is 0 Å². The van der Waals surface area contributed by atoms with Gasteiger partial charge in [0.05, 0.1) is 18.6 Å². The van der Waals surface area contributed by atoms with E-state index in [0.717, 1.165) is 0 Å². The summed E-state index contributed by atoms with van der Waals surface area (Å²) in [5.41, 5.74) is 0. The normalized spacial score (nSPS) is 26.8. The summed E-state index contributed by atoms with van der Waals surface area (Å²) in [7, 11) is -1.83. The number of ether oxygens (including phenoxy) is 1. The Morgan fingerprint density at radius 2 is 2.06 bits per heavy atom. The molecule has 5 heteroatoms. The minimum Gasteiger partial charge on any atom is -0.463 e. The van der Waals surface area contributed by atoms with Gasteiger partial charge in [0.2, 0.25) is 0 Å².